The van der Waals surface area contributed by atoms with Crippen LogP contribution in [0.25, 0.3) is 6.08 Å². The Bertz CT molecular complexity index is 735. The summed E-state index contributed by atoms with van der Waals surface area (Å²) < 4.78 is 5.97. The highest BCUT2D eigenvalue weighted by molar-refractivity contribution is 9.10. The van der Waals surface area contributed by atoms with Gasteiger partial charge in [-0.15, -0.1) is 0 Å². The van der Waals surface area contributed by atoms with E-state index in [0.29, 0.717) is 31.4 Å². The van der Waals surface area contributed by atoms with E-state index in [2.05, 4.69) is 15.9 Å². The summed E-state index contributed by atoms with van der Waals surface area (Å²) in [6, 6.07) is 3.22. The van der Waals surface area contributed by atoms with Crippen molar-refractivity contribution in [2.45, 2.75) is 12.8 Å². The SMILES string of the molecule is COc1cc(Br)c(O)c(C=C2SC(=S)N(CCCC(=O)O)C2=O)c1. The normalized spacial score (nSPS) is 16.1. The van der Waals surface area contributed by atoms with E-state index in [9.17, 15) is 14.7 Å². The van der Waals surface area contributed by atoms with Gasteiger partial charge in [-0.25, -0.2) is 0 Å². The van der Waals surface area contributed by atoms with Crippen molar-refractivity contribution in [1.29, 1.82) is 0 Å². The Hall–Kier alpha value is -1.58. The number of hydrogen-bond donors (Lipinski definition) is 2. The maximum Gasteiger partial charge on any atom is 0.303 e. The predicted octanol–water partition coefficient (Wildman–Crippen LogP) is 3.23. The van der Waals surface area contributed by atoms with E-state index in [4.69, 9.17) is 22.1 Å². The van der Waals surface area contributed by atoms with Crippen molar-refractivity contribution in [3.8, 4) is 11.5 Å². The number of benzene rings is 1. The molecule has 0 aliphatic carbocycles. The minimum Gasteiger partial charge on any atom is -0.506 e. The molecular formula is C15H14BrNO5S2. The number of carboxylic acids is 1. The van der Waals surface area contributed by atoms with Crippen LogP contribution in [-0.2, 0) is 9.59 Å². The lowest BCUT2D eigenvalue weighted by Crippen LogP contribution is -2.29. The lowest BCUT2D eigenvalue weighted by Gasteiger charge is -2.13. The molecule has 1 heterocycles. The van der Waals surface area contributed by atoms with Crippen LogP contribution in [0.5, 0.6) is 11.5 Å². The van der Waals surface area contributed by atoms with Gasteiger partial charge >= 0.3 is 5.97 Å². The molecule has 2 N–H and O–H groups in total. The lowest BCUT2D eigenvalue weighted by molar-refractivity contribution is -0.137. The highest BCUT2D eigenvalue weighted by Crippen LogP contribution is 2.38. The number of thiocarbonyl (C=S) groups is 1. The van der Waals surface area contributed by atoms with Crippen molar-refractivity contribution >= 4 is 62.2 Å². The standard InChI is InChI=1S/C15H14BrNO5S2/c1-22-9-5-8(13(20)10(16)7-9)6-11-14(21)17(15(23)24-11)4-2-3-12(18)19/h5-7,20H,2-4H2,1H3,(H,18,19). The lowest BCUT2D eigenvalue weighted by atomic mass is 10.1. The van der Waals surface area contributed by atoms with Gasteiger partial charge in [0.15, 0.2) is 0 Å². The molecule has 0 saturated carbocycles. The van der Waals surface area contributed by atoms with E-state index in [0.717, 1.165) is 11.8 Å². The molecule has 0 radical (unpaired) electrons. The molecule has 1 aliphatic rings. The average Bonchev–Trinajstić information content (AvgIpc) is 2.78. The van der Waals surface area contributed by atoms with Gasteiger partial charge in [-0.05, 0) is 40.6 Å². The number of carbonyl (C=O) groups is 2. The molecule has 1 aliphatic heterocycles. The summed E-state index contributed by atoms with van der Waals surface area (Å²) >= 11 is 9.53. The maximum atomic E-state index is 12.4. The van der Waals surface area contributed by atoms with Crippen LogP contribution in [0.1, 0.15) is 18.4 Å². The summed E-state index contributed by atoms with van der Waals surface area (Å²) in [5, 5.41) is 18.8. The summed E-state index contributed by atoms with van der Waals surface area (Å²) in [6.45, 7) is 0.252. The molecule has 1 saturated heterocycles. The first-order valence-electron chi connectivity index (χ1n) is 6.87. The summed E-state index contributed by atoms with van der Waals surface area (Å²) in [6.07, 6.45) is 1.84. The van der Waals surface area contributed by atoms with E-state index in [1.807, 2.05) is 0 Å². The number of ether oxygens (including phenoxy) is 1. The van der Waals surface area contributed by atoms with Gasteiger partial charge < -0.3 is 14.9 Å². The zero-order valence-electron chi connectivity index (χ0n) is 12.6. The van der Waals surface area contributed by atoms with E-state index in [1.165, 1.54) is 12.0 Å². The Kier molecular flexibility index (Phi) is 6.25. The molecule has 9 heteroatoms. The zero-order valence-corrected chi connectivity index (χ0v) is 15.8. The van der Waals surface area contributed by atoms with Gasteiger partial charge in [-0.3, -0.25) is 14.5 Å². The highest BCUT2D eigenvalue weighted by atomic mass is 79.9. The number of carboxylic acid groups (broad SMARTS) is 1. The van der Waals surface area contributed by atoms with Crippen molar-refractivity contribution in [2.75, 3.05) is 13.7 Å². The van der Waals surface area contributed by atoms with Crippen LogP contribution < -0.4 is 4.74 Å². The molecule has 1 amide bonds. The second-order valence-corrected chi connectivity index (χ2v) is 7.41. The van der Waals surface area contributed by atoms with Crippen LogP contribution in [0.4, 0.5) is 0 Å². The van der Waals surface area contributed by atoms with Gasteiger partial charge in [0.25, 0.3) is 5.91 Å². The smallest absolute Gasteiger partial charge is 0.303 e. The van der Waals surface area contributed by atoms with Crippen LogP contribution in [0.15, 0.2) is 21.5 Å². The van der Waals surface area contributed by atoms with Gasteiger partial charge in [0.2, 0.25) is 0 Å². The fourth-order valence-corrected chi connectivity index (χ4v) is 3.80. The number of hydrogen-bond acceptors (Lipinski definition) is 6. The highest BCUT2D eigenvalue weighted by Gasteiger charge is 2.32. The molecule has 0 bridgehead atoms. The number of methoxy groups -OCH3 is 1. The Morgan fingerprint density at radius 2 is 2.21 bits per heavy atom. The number of phenols is 1. The predicted molar refractivity (Wildman–Crippen MR) is 99.1 cm³/mol. The van der Waals surface area contributed by atoms with Gasteiger partial charge in [-0.1, -0.05) is 24.0 Å². The molecule has 2 rings (SSSR count). The minimum atomic E-state index is -0.915. The molecule has 0 spiro atoms. The number of thioether (sulfide) groups is 1. The van der Waals surface area contributed by atoms with E-state index >= 15 is 0 Å². The summed E-state index contributed by atoms with van der Waals surface area (Å²) in [5.74, 6) is -0.689. The third kappa shape index (κ3) is 4.28. The molecule has 24 heavy (non-hydrogen) atoms. The monoisotopic (exact) mass is 431 g/mol. The van der Waals surface area contributed by atoms with E-state index in [-0.39, 0.29) is 24.6 Å². The first kappa shape index (κ1) is 18.8. The summed E-state index contributed by atoms with van der Waals surface area (Å²) in [7, 11) is 1.50. The molecule has 6 nitrogen and oxygen atoms in total. The van der Waals surface area contributed by atoms with Gasteiger partial charge in [0.05, 0.1) is 16.5 Å². The Morgan fingerprint density at radius 1 is 1.50 bits per heavy atom. The van der Waals surface area contributed by atoms with Crippen LogP contribution in [0.3, 0.4) is 0 Å². The average molecular weight is 432 g/mol. The molecule has 0 unspecified atom stereocenters. The van der Waals surface area contributed by atoms with Crippen molar-refractivity contribution in [1.82, 2.24) is 4.90 Å². The van der Waals surface area contributed by atoms with E-state index < -0.39 is 5.97 Å². The van der Waals surface area contributed by atoms with E-state index in [1.54, 1.807) is 18.2 Å². The Labute approximate surface area is 156 Å². The number of amides is 1. The van der Waals surface area contributed by atoms with Crippen molar-refractivity contribution in [3.63, 3.8) is 0 Å². The van der Waals surface area contributed by atoms with Crippen LogP contribution in [-0.4, -0.2) is 45.0 Å². The number of aromatic hydroxyl groups is 1. The molecule has 0 aromatic heterocycles. The zero-order chi connectivity index (χ0) is 17.9. The molecule has 128 valence electrons. The number of aliphatic carboxylic acids is 1. The second kappa shape index (κ2) is 8.00. The van der Waals surface area contributed by atoms with Crippen LogP contribution >= 0.6 is 39.9 Å². The first-order valence-corrected chi connectivity index (χ1v) is 8.89. The maximum absolute atomic E-state index is 12.4. The number of rotatable bonds is 6. The van der Waals surface area contributed by atoms with Crippen molar-refractivity contribution < 1.29 is 24.5 Å². The third-order valence-corrected chi connectivity index (χ3v) is 5.22. The number of carbonyl (C=O) groups excluding carboxylic acids is 1. The quantitative estimate of drug-likeness (QED) is 0.527. The third-order valence-electron chi connectivity index (χ3n) is 3.23. The van der Waals surface area contributed by atoms with Crippen molar-refractivity contribution in [3.05, 3.63) is 27.1 Å². The molecular weight excluding hydrogens is 418 g/mol. The topological polar surface area (TPSA) is 87.1 Å². The number of halogens is 1. The molecule has 1 aromatic rings. The minimum absolute atomic E-state index is 0.00746. The van der Waals surface area contributed by atoms with Crippen LogP contribution in [0.2, 0.25) is 0 Å². The fourth-order valence-electron chi connectivity index (χ4n) is 2.04. The molecule has 0 atom stereocenters. The fraction of sp³-hybridized carbons (Fsp3) is 0.267. The Morgan fingerprint density at radius 3 is 2.83 bits per heavy atom. The number of phenolic OH excluding ortho intramolecular Hbond substituents is 1. The Balaban J connectivity index is 2.22. The van der Waals surface area contributed by atoms with Gasteiger partial charge in [0, 0.05) is 18.5 Å². The van der Waals surface area contributed by atoms with Crippen LogP contribution in [0, 0.1) is 0 Å². The van der Waals surface area contributed by atoms with Gasteiger partial charge in [0.1, 0.15) is 15.8 Å². The van der Waals surface area contributed by atoms with Gasteiger partial charge in [-0.2, -0.15) is 0 Å². The summed E-state index contributed by atoms with van der Waals surface area (Å²) in [4.78, 5) is 24.7. The number of nitrogens with zero attached hydrogens (tertiary/aromatic N) is 1. The molecule has 1 fully saturated rings. The summed E-state index contributed by atoms with van der Waals surface area (Å²) in [5.41, 5.74) is 0.423. The first-order chi connectivity index (χ1) is 11.3. The van der Waals surface area contributed by atoms with Crippen molar-refractivity contribution in [2.24, 2.45) is 0 Å². The largest absolute Gasteiger partial charge is 0.506 e. The second-order valence-electron chi connectivity index (χ2n) is 4.88. The molecule has 1 aromatic carbocycles.